The van der Waals surface area contributed by atoms with Gasteiger partial charge in [-0.25, -0.2) is 0 Å². The van der Waals surface area contributed by atoms with E-state index in [1.807, 2.05) is 113 Å². The number of pyridine rings is 3. The van der Waals surface area contributed by atoms with E-state index in [1.165, 1.54) is 30.9 Å². The third kappa shape index (κ3) is 16.1. The molecule has 0 aliphatic carbocycles. The van der Waals surface area contributed by atoms with E-state index in [9.17, 15) is 14.4 Å². The fourth-order valence-corrected chi connectivity index (χ4v) is 15.2. The highest BCUT2D eigenvalue weighted by atomic mass is 16.5. The summed E-state index contributed by atoms with van der Waals surface area (Å²) < 4.78 is 48.9. The van der Waals surface area contributed by atoms with Crippen molar-refractivity contribution in [2.75, 3.05) is 73.3 Å². The first kappa shape index (κ1) is 67.8. The first-order valence-corrected chi connectivity index (χ1v) is 34.6. The molecule has 3 aromatic heterocycles. The largest absolute Gasteiger partial charge is 0.481 e. The van der Waals surface area contributed by atoms with E-state index in [0.29, 0.717) is 76.2 Å². The van der Waals surface area contributed by atoms with Gasteiger partial charge in [0.05, 0.1) is 73.2 Å². The summed E-state index contributed by atoms with van der Waals surface area (Å²) in [6, 6.07) is 54.2. The van der Waals surface area contributed by atoms with Gasteiger partial charge in [-0.2, -0.15) is 4.98 Å². The first-order valence-electron chi connectivity index (χ1n) is 34.6. The van der Waals surface area contributed by atoms with Crippen molar-refractivity contribution in [3.05, 3.63) is 210 Å². The zero-order valence-electron chi connectivity index (χ0n) is 56.2. The lowest BCUT2D eigenvalue weighted by atomic mass is 9.80. The van der Waals surface area contributed by atoms with Gasteiger partial charge in [-0.05, 0) is 118 Å². The molecule has 6 unspecified atom stereocenters. The van der Waals surface area contributed by atoms with Crippen molar-refractivity contribution in [3.8, 4) is 11.8 Å². The number of methoxy groups -OCH3 is 2. The average Bonchev–Trinajstić information content (AvgIpc) is 0.795. The minimum atomic E-state index is -0.280. The van der Waals surface area contributed by atoms with Gasteiger partial charge >= 0.3 is 0 Å². The summed E-state index contributed by atoms with van der Waals surface area (Å²) in [6.07, 6.45) is 14.3. The number of carbonyl (C=O) groups is 3. The lowest BCUT2D eigenvalue weighted by Crippen LogP contribution is -2.52. The minimum Gasteiger partial charge on any atom is -0.481 e. The zero-order chi connectivity index (χ0) is 66.5. The highest BCUT2D eigenvalue weighted by Crippen LogP contribution is 2.47. The Morgan fingerprint density at radius 3 is 1.35 bits per heavy atom. The second-order valence-corrected chi connectivity index (χ2v) is 26.3. The molecule has 6 aliphatic rings. The van der Waals surface area contributed by atoms with E-state index in [2.05, 4.69) is 89.5 Å². The van der Waals surface area contributed by atoms with Crippen molar-refractivity contribution < 1.29 is 52.3 Å². The fourth-order valence-electron chi connectivity index (χ4n) is 15.2. The molecule has 8 aromatic rings. The van der Waals surface area contributed by atoms with Crippen LogP contribution in [0.3, 0.4) is 0 Å². The smallest absolute Gasteiger partial charge is 0.272 e. The van der Waals surface area contributed by atoms with Crippen LogP contribution in [0, 0.1) is 0 Å². The summed E-state index contributed by atoms with van der Waals surface area (Å²) in [5, 5.41) is 3.08. The summed E-state index contributed by atoms with van der Waals surface area (Å²) in [4.78, 5) is 58.4. The van der Waals surface area contributed by atoms with Crippen molar-refractivity contribution in [2.24, 2.45) is 0 Å². The molecule has 17 nitrogen and oxygen atoms in total. The Morgan fingerprint density at radius 1 is 0.458 bits per heavy atom. The van der Waals surface area contributed by atoms with Gasteiger partial charge in [0, 0.05) is 132 Å². The van der Waals surface area contributed by atoms with E-state index in [1.54, 1.807) is 24.5 Å². The number of benzene rings is 5. The Labute approximate surface area is 564 Å². The van der Waals surface area contributed by atoms with Crippen molar-refractivity contribution in [1.82, 2.24) is 29.7 Å². The van der Waals surface area contributed by atoms with Crippen molar-refractivity contribution in [1.29, 1.82) is 0 Å². The van der Waals surface area contributed by atoms with Gasteiger partial charge in [-0.1, -0.05) is 121 Å². The number of amides is 3. The summed E-state index contributed by atoms with van der Waals surface area (Å²) >= 11 is 0. The van der Waals surface area contributed by atoms with Crippen molar-refractivity contribution in [3.63, 3.8) is 0 Å². The second kappa shape index (κ2) is 31.4. The fraction of sp³-hybridized carbons (Fsp3) is 0.443. The highest BCUT2D eigenvalue weighted by molar-refractivity contribution is 5.98. The molecule has 14 rings (SSSR count). The lowest BCUT2D eigenvalue weighted by Gasteiger charge is -2.48. The maximum absolute atomic E-state index is 13.2. The van der Waals surface area contributed by atoms with Crippen LogP contribution in [-0.4, -0.2) is 156 Å². The molecule has 9 heterocycles. The molecule has 504 valence electrons. The normalized spacial score (nSPS) is 22.7. The molecule has 6 aliphatic heterocycles. The van der Waals surface area contributed by atoms with Gasteiger partial charge in [-0.15, -0.1) is 0 Å². The molecule has 17 heteroatoms. The minimum absolute atomic E-state index is 0.00220. The summed E-state index contributed by atoms with van der Waals surface area (Å²) in [5.41, 5.74) is 5.43. The standard InChI is InChI=1S/2C27H30N2O3.C25H32N2O5/c1-2-31-23-17-25(20-8-4-3-5-9-20)32-27(18-23)12-14-29(15-13-27)26(30)24-16-21-10-6-7-11-22(21)19-28-24;1-2-31-23-18-25(20-7-4-3-5-8-20)32-27(19-23)12-15-29(16-13-27)26(30)22-10-11-24-21(17-22)9-6-14-28-24;1-4-31-19-16-21(18-8-6-5-7-9-18)32-25(17-19)12-14-27(15-13-25)24(28)20-10-11-22(29-2)26-23(20)30-3/h3-11,16,19,23,25H,2,12-15,17-18H2,1H3;3-11,14,17,23,25H,2,12-13,15-16,18-19H2,1H3;5-11,19,21H,4,12-17H2,1-3H3. The average molecular weight is 1300 g/mol. The number of piperidine rings is 3. The summed E-state index contributed by atoms with van der Waals surface area (Å²) in [7, 11) is 3.05. The van der Waals surface area contributed by atoms with Crippen LogP contribution in [0.2, 0.25) is 0 Å². The molecular weight excluding hydrogens is 1210 g/mol. The molecular formula is C79H92N6O11. The monoisotopic (exact) mass is 1300 g/mol. The Bertz CT molecular complexity index is 3680. The summed E-state index contributed by atoms with van der Waals surface area (Å²) in [5.74, 6) is 0.706. The number of hydrogen-bond acceptors (Lipinski definition) is 14. The predicted octanol–water partition coefficient (Wildman–Crippen LogP) is 14.4. The molecule has 0 N–H and O–H groups in total. The van der Waals surface area contributed by atoms with E-state index < -0.39 is 0 Å². The van der Waals surface area contributed by atoms with Gasteiger partial charge in [-0.3, -0.25) is 24.4 Å². The van der Waals surface area contributed by atoms with Gasteiger partial charge in [0.15, 0.2) is 0 Å². The Kier molecular flexibility index (Phi) is 22.2. The van der Waals surface area contributed by atoms with Crippen LogP contribution in [-0.2, 0) is 28.4 Å². The van der Waals surface area contributed by atoms with Crippen LogP contribution in [0.5, 0.6) is 11.8 Å². The molecule has 96 heavy (non-hydrogen) atoms. The number of rotatable bonds is 14. The Balaban J connectivity index is 0.000000138. The number of hydrogen-bond donors (Lipinski definition) is 0. The van der Waals surface area contributed by atoms with Gasteiger partial charge in [0.1, 0.15) is 11.3 Å². The maximum atomic E-state index is 13.2. The molecule has 3 spiro atoms. The number of likely N-dealkylation sites (tertiary alicyclic amines) is 3. The SMILES string of the molecule is CCOC1CC(c2ccccc2)OC2(CCN(C(=O)c3cc4ccccc4cn3)CC2)C1.CCOC1CC(c2ccccc2)OC2(CCN(C(=O)c3ccc(OC)nc3OC)CC2)C1.CCOC1CC(c2ccccc2)OC2(CCN(C(=O)c3ccc4ncccc4c3)CC2)C1. The summed E-state index contributed by atoms with van der Waals surface area (Å²) in [6.45, 7) is 12.2. The van der Waals surface area contributed by atoms with Crippen LogP contribution in [0.1, 0.15) is 164 Å². The number of nitrogens with zero attached hydrogens (tertiary/aromatic N) is 6. The molecule has 0 radical (unpaired) electrons. The highest BCUT2D eigenvalue weighted by Gasteiger charge is 2.48. The van der Waals surface area contributed by atoms with E-state index >= 15 is 0 Å². The van der Waals surface area contributed by atoms with Crippen LogP contribution < -0.4 is 9.47 Å². The third-order valence-electron chi connectivity index (χ3n) is 20.2. The predicted molar refractivity (Wildman–Crippen MR) is 369 cm³/mol. The van der Waals surface area contributed by atoms with E-state index in [-0.39, 0.29) is 77.0 Å². The topological polar surface area (TPSA) is 173 Å². The molecule has 3 amide bonds. The number of carbonyl (C=O) groups excluding carboxylic acids is 3. The zero-order valence-corrected chi connectivity index (χ0v) is 56.2. The van der Waals surface area contributed by atoms with Gasteiger partial charge < -0.3 is 52.6 Å². The van der Waals surface area contributed by atoms with Gasteiger partial charge in [0.25, 0.3) is 17.7 Å². The van der Waals surface area contributed by atoms with E-state index in [0.717, 1.165) is 104 Å². The second-order valence-electron chi connectivity index (χ2n) is 26.3. The van der Waals surface area contributed by atoms with Crippen LogP contribution in [0.25, 0.3) is 21.7 Å². The van der Waals surface area contributed by atoms with Crippen LogP contribution in [0.15, 0.2) is 176 Å². The molecule has 5 aromatic carbocycles. The molecule has 6 saturated heterocycles. The first-order chi connectivity index (χ1) is 46.9. The van der Waals surface area contributed by atoms with Crippen LogP contribution >= 0.6 is 0 Å². The molecule has 6 fully saturated rings. The number of aromatic nitrogens is 3. The third-order valence-corrected chi connectivity index (χ3v) is 20.2. The quantitative estimate of drug-likeness (QED) is 0.101. The van der Waals surface area contributed by atoms with Gasteiger partial charge in [0.2, 0.25) is 11.8 Å². The number of ether oxygens (including phenoxy) is 8. The number of fused-ring (bicyclic) bond motifs is 2. The molecule has 6 atom stereocenters. The lowest BCUT2D eigenvalue weighted by molar-refractivity contribution is -0.191. The van der Waals surface area contributed by atoms with Crippen molar-refractivity contribution in [2.45, 2.75) is 151 Å². The van der Waals surface area contributed by atoms with Crippen molar-refractivity contribution >= 4 is 39.4 Å². The molecule has 0 bridgehead atoms. The Hall–Kier alpha value is -8.16. The van der Waals surface area contributed by atoms with E-state index in [4.69, 9.17) is 37.9 Å². The van der Waals surface area contributed by atoms with Crippen LogP contribution in [0.4, 0.5) is 0 Å². The molecule has 0 saturated carbocycles. The maximum Gasteiger partial charge on any atom is 0.272 e. The Morgan fingerprint density at radius 2 is 0.896 bits per heavy atom.